The molecular weight excluding hydrogens is 248 g/mol. The highest BCUT2D eigenvalue weighted by Gasteiger charge is 2.20. The monoisotopic (exact) mass is 280 g/mol. The molecule has 20 heavy (non-hydrogen) atoms. The van der Waals surface area contributed by atoms with Gasteiger partial charge >= 0.3 is 0 Å². The van der Waals surface area contributed by atoms with E-state index in [0.717, 1.165) is 18.5 Å². The zero-order valence-electron chi connectivity index (χ0n) is 13.6. The van der Waals surface area contributed by atoms with Crippen molar-refractivity contribution in [3.63, 3.8) is 0 Å². The van der Waals surface area contributed by atoms with E-state index in [4.69, 9.17) is 10.9 Å². The summed E-state index contributed by atoms with van der Waals surface area (Å²) in [6, 6.07) is 2.93. The topological polar surface area (TPSA) is 55.9 Å². The number of hydrogen-bond donors (Lipinski definition) is 2. The van der Waals surface area contributed by atoms with Gasteiger partial charge in [0.05, 0.1) is 5.69 Å². The van der Waals surface area contributed by atoms with E-state index >= 15 is 0 Å². The Bertz CT molecular complexity index is 355. The molecule has 0 fully saturated rings. The molecule has 0 spiro atoms. The molecule has 3 N–H and O–H groups in total. The zero-order valence-corrected chi connectivity index (χ0v) is 13.6. The first-order chi connectivity index (χ1) is 9.65. The van der Waals surface area contributed by atoms with E-state index in [-0.39, 0.29) is 0 Å². The van der Waals surface area contributed by atoms with Gasteiger partial charge in [0.2, 0.25) is 0 Å². The van der Waals surface area contributed by atoms with Gasteiger partial charge in [-0.05, 0) is 38.2 Å². The average molecular weight is 280 g/mol. The molecule has 4 heteroatoms. The number of nitrogens with zero attached hydrogens (tertiary/aromatic N) is 2. The Labute approximate surface area is 124 Å². The lowest BCUT2D eigenvalue weighted by molar-refractivity contribution is 0.308. The molecule has 0 saturated carbocycles. The number of hydrogen-bond acceptors (Lipinski definition) is 3. The van der Waals surface area contributed by atoms with Gasteiger partial charge < -0.3 is 0 Å². The number of hydrazine groups is 1. The molecule has 1 aromatic heterocycles. The minimum atomic E-state index is 0.329. The van der Waals surface area contributed by atoms with Crippen LogP contribution in [0.5, 0.6) is 0 Å². The minimum absolute atomic E-state index is 0.329. The number of aromatic nitrogens is 2. The lowest BCUT2D eigenvalue weighted by Gasteiger charge is -2.25. The molecule has 0 aliphatic rings. The van der Waals surface area contributed by atoms with Crippen LogP contribution in [-0.4, -0.2) is 15.8 Å². The molecule has 0 aliphatic heterocycles. The Morgan fingerprint density at radius 2 is 1.90 bits per heavy atom. The van der Waals surface area contributed by atoms with E-state index < -0.39 is 0 Å². The third-order valence-electron chi connectivity index (χ3n) is 4.24. The summed E-state index contributed by atoms with van der Waals surface area (Å²) in [5.41, 5.74) is 4.17. The molecular formula is C16H32N4. The Morgan fingerprint density at radius 1 is 1.25 bits per heavy atom. The summed E-state index contributed by atoms with van der Waals surface area (Å²) in [7, 11) is 0. The van der Waals surface area contributed by atoms with Crippen molar-refractivity contribution >= 4 is 0 Å². The van der Waals surface area contributed by atoms with Crippen LogP contribution in [0.15, 0.2) is 12.3 Å². The van der Waals surface area contributed by atoms with E-state index in [1.54, 1.807) is 0 Å². The van der Waals surface area contributed by atoms with Gasteiger partial charge in [-0.25, -0.2) is 0 Å². The van der Waals surface area contributed by atoms with E-state index in [0.29, 0.717) is 18.0 Å². The van der Waals surface area contributed by atoms with Crippen molar-refractivity contribution in [2.24, 2.45) is 11.8 Å². The smallest absolute Gasteiger partial charge is 0.0640 e. The fourth-order valence-corrected chi connectivity index (χ4v) is 2.79. The molecule has 1 aromatic rings. The number of nitrogens with one attached hydrogen (secondary N) is 1. The summed E-state index contributed by atoms with van der Waals surface area (Å²) in [5.74, 6) is 6.43. The van der Waals surface area contributed by atoms with Gasteiger partial charge in [0.1, 0.15) is 0 Å². The van der Waals surface area contributed by atoms with Crippen LogP contribution >= 0.6 is 0 Å². The maximum atomic E-state index is 5.79. The third kappa shape index (κ3) is 4.91. The van der Waals surface area contributed by atoms with E-state index in [2.05, 4.69) is 50.1 Å². The summed E-state index contributed by atoms with van der Waals surface area (Å²) in [4.78, 5) is 0. The Kier molecular flexibility index (Phi) is 7.85. The summed E-state index contributed by atoms with van der Waals surface area (Å²) < 4.78 is 2.07. The molecule has 1 rings (SSSR count). The Hall–Kier alpha value is -0.870. The van der Waals surface area contributed by atoms with Crippen molar-refractivity contribution < 1.29 is 0 Å². The third-order valence-corrected chi connectivity index (χ3v) is 4.24. The lowest BCUT2D eigenvalue weighted by atomic mass is 9.88. The van der Waals surface area contributed by atoms with Gasteiger partial charge in [0.15, 0.2) is 0 Å². The van der Waals surface area contributed by atoms with Crippen LogP contribution in [0.25, 0.3) is 0 Å². The molecule has 2 atom stereocenters. The maximum Gasteiger partial charge on any atom is 0.0640 e. The van der Waals surface area contributed by atoms with Crippen LogP contribution < -0.4 is 11.3 Å². The van der Waals surface area contributed by atoms with Crippen LogP contribution in [0.1, 0.15) is 71.5 Å². The average Bonchev–Trinajstić information content (AvgIpc) is 2.92. The van der Waals surface area contributed by atoms with Crippen LogP contribution in [0.2, 0.25) is 0 Å². The Morgan fingerprint density at radius 3 is 2.40 bits per heavy atom. The minimum Gasteiger partial charge on any atom is -0.271 e. The first kappa shape index (κ1) is 17.2. The predicted molar refractivity (Wildman–Crippen MR) is 85.4 cm³/mol. The van der Waals surface area contributed by atoms with Gasteiger partial charge in [0.25, 0.3) is 0 Å². The SMILES string of the molecule is CCCC(CCC)C(Cc1ccn(C(C)CC)n1)NN. The van der Waals surface area contributed by atoms with Crippen molar-refractivity contribution in [3.8, 4) is 0 Å². The van der Waals surface area contributed by atoms with Crippen LogP contribution in [0.4, 0.5) is 0 Å². The van der Waals surface area contributed by atoms with Crippen LogP contribution in [0, 0.1) is 5.92 Å². The normalized spacial score (nSPS) is 14.7. The van der Waals surface area contributed by atoms with E-state index in [1.807, 2.05) is 0 Å². The van der Waals surface area contributed by atoms with Crippen molar-refractivity contribution in [3.05, 3.63) is 18.0 Å². The van der Waals surface area contributed by atoms with Gasteiger partial charge in [0, 0.05) is 24.7 Å². The van der Waals surface area contributed by atoms with Crippen LogP contribution in [-0.2, 0) is 6.42 Å². The molecule has 0 amide bonds. The standard InChI is InChI=1S/C16H32N4/c1-5-8-14(9-6-2)16(18-17)12-15-10-11-20(19-15)13(4)7-3/h10-11,13-14,16,18H,5-9,12,17H2,1-4H3. The predicted octanol–water partition coefficient (Wildman–Crippen LogP) is 3.44. The zero-order chi connectivity index (χ0) is 15.0. The molecule has 0 bridgehead atoms. The first-order valence-corrected chi connectivity index (χ1v) is 8.16. The van der Waals surface area contributed by atoms with Crippen molar-refractivity contribution in [2.45, 2.75) is 78.3 Å². The number of rotatable bonds is 10. The molecule has 2 unspecified atom stereocenters. The number of nitrogens with two attached hydrogens (primary N) is 1. The summed E-state index contributed by atoms with van der Waals surface area (Å²) >= 11 is 0. The van der Waals surface area contributed by atoms with Gasteiger partial charge in [-0.1, -0.05) is 33.6 Å². The second kappa shape index (κ2) is 9.14. The molecule has 0 aliphatic carbocycles. The second-order valence-electron chi connectivity index (χ2n) is 5.86. The second-order valence-corrected chi connectivity index (χ2v) is 5.86. The fraction of sp³-hybridized carbons (Fsp3) is 0.812. The molecule has 0 radical (unpaired) electrons. The molecule has 4 nitrogen and oxygen atoms in total. The lowest BCUT2D eigenvalue weighted by Crippen LogP contribution is -2.42. The molecule has 1 heterocycles. The van der Waals surface area contributed by atoms with Gasteiger partial charge in [-0.2, -0.15) is 5.10 Å². The maximum absolute atomic E-state index is 5.79. The van der Waals surface area contributed by atoms with E-state index in [9.17, 15) is 0 Å². The summed E-state index contributed by atoms with van der Waals surface area (Å²) in [6.07, 6.45) is 9.00. The van der Waals surface area contributed by atoms with Crippen molar-refractivity contribution in [2.75, 3.05) is 0 Å². The van der Waals surface area contributed by atoms with Crippen molar-refractivity contribution in [1.82, 2.24) is 15.2 Å². The molecule has 0 aromatic carbocycles. The van der Waals surface area contributed by atoms with E-state index in [1.165, 1.54) is 25.7 Å². The summed E-state index contributed by atoms with van der Waals surface area (Å²) in [6.45, 7) is 8.88. The first-order valence-electron chi connectivity index (χ1n) is 8.16. The van der Waals surface area contributed by atoms with Crippen molar-refractivity contribution in [1.29, 1.82) is 0 Å². The highest BCUT2D eigenvalue weighted by Crippen LogP contribution is 2.20. The fourth-order valence-electron chi connectivity index (χ4n) is 2.79. The van der Waals surface area contributed by atoms with Gasteiger partial charge in [-0.3, -0.25) is 16.0 Å². The largest absolute Gasteiger partial charge is 0.271 e. The highest BCUT2D eigenvalue weighted by molar-refractivity contribution is 5.03. The molecule has 116 valence electrons. The Balaban J connectivity index is 2.68. The highest BCUT2D eigenvalue weighted by atomic mass is 15.3. The quantitative estimate of drug-likeness (QED) is 0.510. The summed E-state index contributed by atoms with van der Waals surface area (Å²) in [5, 5.41) is 4.69. The molecule has 0 saturated heterocycles. The van der Waals surface area contributed by atoms with Gasteiger partial charge in [-0.15, -0.1) is 0 Å². The van der Waals surface area contributed by atoms with Crippen LogP contribution in [0.3, 0.4) is 0 Å².